The number of rotatable bonds is 4. The van der Waals surface area contributed by atoms with E-state index in [0.717, 1.165) is 23.1 Å². The molecule has 35 heavy (non-hydrogen) atoms. The highest BCUT2D eigenvalue weighted by molar-refractivity contribution is 9.10. The van der Waals surface area contributed by atoms with Crippen molar-refractivity contribution in [2.45, 2.75) is 25.9 Å². The van der Waals surface area contributed by atoms with Crippen molar-refractivity contribution in [2.75, 3.05) is 23.6 Å². The maximum absolute atomic E-state index is 14.6. The molecular weight excluding hydrogens is 544 g/mol. The van der Waals surface area contributed by atoms with E-state index >= 15 is 0 Å². The summed E-state index contributed by atoms with van der Waals surface area (Å²) in [5, 5.41) is 0. The van der Waals surface area contributed by atoms with E-state index in [-0.39, 0.29) is 34.0 Å². The van der Waals surface area contributed by atoms with Gasteiger partial charge in [0, 0.05) is 26.2 Å². The van der Waals surface area contributed by atoms with E-state index in [1.165, 1.54) is 11.0 Å². The molecule has 0 bridgehead atoms. The minimum atomic E-state index is -4.97. The Morgan fingerprint density at radius 3 is 2.54 bits per heavy atom. The first-order chi connectivity index (χ1) is 16.4. The van der Waals surface area contributed by atoms with Crippen LogP contribution in [0.25, 0.3) is 5.69 Å². The number of carbonyl (C=O) groups is 2. The predicted molar refractivity (Wildman–Crippen MR) is 120 cm³/mol. The Bertz CT molecular complexity index is 1260. The number of alkyl halides is 3. The summed E-state index contributed by atoms with van der Waals surface area (Å²) in [5.74, 6) is -2.00. The van der Waals surface area contributed by atoms with E-state index in [1.807, 2.05) is 0 Å². The van der Waals surface area contributed by atoms with Crippen LogP contribution in [0.15, 0.2) is 33.9 Å². The third-order valence-electron chi connectivity index (χ3n) is 5.49. The van der Waals surface area contributed by atoms with Crippen LogP contribution in [-0.4, -0.2) is 45.7 Å². The number of likely N-dealkylation sites (tertiary alicyclic amines) is 1. The number of hydrogen-bond acceptors (Lipinski definition) is 5. The van der Waals surface area contributed by atoms with Gasteiger partial charge in [-0.15, -0.1) is 0 Å². The van der Waals surface area contributed by atoms with E-state index in [9.17, 15) is 36.7 Å². The summed E-state index contributed by atoms with van der Waals surface area (Å²) in [4.78, 5) is 51.3. The average Bonchev–Trinajstić information content (AvgIpc) is 2.81. The van der Waals surface area contributed by atoms with Gasteiger partial charge in [-0.2, -0.15) is 13.2 Å². The minimum Gasteiger partial charge on any atom is -0.466 e. The molecule has 2 heterocycles. The number of urea groups is 1. The molecule has 1 aromatic carbocycles. The molecule has 3 rings (SSSR count). The largest absolute Gasteiger partial charge is 0.466 e. The van der Waals surface area contributed by atoms with Gasteiger partial charge in [0.1, 0.15) is 11.5 Å². The Kier molecular flexibility index (Phi) is 7.72. The molecule has 1 unspecified atom stereocenters. The van der Waals surface area contributed by atoms with E-state index in [2.05, 4.69) is 16.1 Å². The van der Waals surface area contributed by atoms with Gasteiger partial charge in [0.25, 0.3) is 5.56 Å². The van der Waals surface area contributed by atoms with Crippen LogP contribution in [0.1, 0.15) is 25.5 Å². The smallest absolute Gasteiger partial charge is 0.431 e. The number of aromatic nitrogens is 2. The molecule has 9 nitrogen and oxygen atoms in total. The first-order valence-corrected chi connectivity index (χ1v) is 11.2. The lowest BCUT2D eigenvalue weighted by atomic mass is 9.98. The van der Waals surface area contributed by atoms with Crippen molar-refractivity contribution < 1.29 is 31.9 Å². The number of amides is 2. The predicted octanol–water partition coefficient (Wildman–Crippen LogP) is 3.21. The zero-order valence-corrected chi connectivity index (χ0v) is 20.2. The van der Waals surface area contributed by atoms with Gasteiger partial charge in [-0.3, -0.25) is 14.2 Å². The molecule has 1 aromatic heterocycles. The Hall–Kier alpha value is -3.16. The lowest BCUT2D eigenvalue weighted by Crippen LogP contribution is -2.46. The number of carbonyl (C=O) groups excluding carboxylic acids is 2. The van der Waals surface area contributed by atoms with Crippen LogP contribution in [-0.2, 0) is 22.8 Å². The van der Waals surface area contributed by atoms with Gasteiger partial charge in [-0.1, -0.05) is 0 Å². The molecule has 14 heteroatoms. The summed E-state index contributed by atoms with van der Waals surface area (Å²) in [6, 6.07) is 2.60. The van der Waals surface area contributed by atoms with Crippen molar-refractivity contribution in [3.63, 3.8) is 0 Å². The molecule has 0 aliphatic carbocycles. The van der Waals surface area contributed by atoms with Gasteiger partial charge >= 0.3 is 23.9 Å². The Balaban J connectivity index is 1.95. The summed E-state index contributed by atoms with van der Waals surface area (Å²) in [5.41, 5.74) is -4.93. The van der Waals surface area contributed by atoms with Gasteiger partial charge in [-0.25, -0.2) is 22.5 Å². The van der Waals surface area contributed by atoms with Gasteiger partial charge in [0.2, 0.25) is 0 Å². The van der Waals surface area contributed by atoms with Crippen molar-refractivity contribution in [3.8, 4) is 5.69 Å². The van der Waals surface area contributed by atoms with Gasteiger partial charge < -0.3 is 9.64 Å². The van der Waals surface area contributed by atoms with Gasteiger partial charge in [0.15, 0.2) is 0 Å². The summed E-state index contributed by atoms with van der Waals surface area (Å²) < 4.78 is 60.3. The third kappa shape index (κ3) is 5.41. The van der Waals surface area contributed by atoms with Crippen LogP contribution < -0.4 is 15.2 Å². The molecule has 0 spiro atoms. The molecule has 2 aromatic rings. The highest BCUT2D eigenvalue weighted by Crippen LogP contribution is 2.29. The summed E-state index contributed by atoms with van der Waals surface area (Å²) in [6.45, 7) is 2.30. The topological polar surface area (TPSA) is 93.8 Å². The van der Waals surface area contributed by atoms with E-state index in [1.54, 1.807) is 6.92 Å². The van der Waals surface area contributed by atoms with Crippen molar-refractivity contribution in [1.29, 1.82) is 0 Å². The quantitative estimate of drug-likeness (QED) is 0.323. The Morgan fingerprint density at radius 2 is 1.91 bits per heavy atom. The molecule has 1 fully saturated rings. The summed E-state index contributed by atoms with van der Waals surface area (Å²) in [7, 11) is 0.805. The van der Waals surface area contributed by atoms with E-state index in [0.29, 0.717) is 19.4 Å². The number of anilines is 1. The van der Waals surface area contributed by atoms with Gasteiger partial charge in [0.05, 0.1) is 40.0 Å². The number of benzene rings is 1. The molecule has 0 saturated carbocycles. The van der Waals surface area contributed by atoms with Crippen LogP contribution in [0, 0.1) is 11.7 Å². The molecule has 1 saturated heterocycles. The van der Waals surface area contributed by atoms with Crippen molar-refractivity contribution in [2.24, 2.45) is 13.0 Å². The van der Waals surface area contributed by atoms with Crippen LogP contribution in [0.4, 0.5) is 28.0 Å². The maximum atomic E-state index is 14.6. The van der Waals surface area contributed by atoms with E-state index < -0.39 is 52.5 Å². The highest BCUT2D eigenvalue weighted by atomic mass is 79.9. The third-order valence-corrected chi connectivity index (χ3v) is 6.20. The summed E-state index contributed by atoms with van der Waals surface area (Å²) in [6.07, 6.45) is -3.88. The number of ether oxygens (including phenoxy) is 1. The number of nitrogens with zero attached hydrogens (tertiary/aromatic N) is 4. The molecule has 1 atom stereocenters. The molecule has 0 radical (unpaired) electrons. The molecule has 1 aliphatic heterocycles. The highest BCUT2D eigenvalue weighted by Gasteiger charge is 2.35. The van der Waals surface area contributed by atoms with Crippen LogP contribution in [0.2, 0.25) is 0 Å². The minimum absolute atomic E-state index is 0.00138. The summed E-state index contributed by atoms with van der Waals surface area (Å²) >= 11 is 3.08. The van der Waals surface area contributed by atoms with Crippen molar-refractivity contribution in [3.05, 3.63) is 56.6 Å². The normalized spacial score (nSPS) is 16.2. The number of esters is 1. The molecule has 0 N–H and O–H groups in total. The van der Waals surface area contributed by atoms with Crippen molar-refractivity contribution >= 4 is 33.8 Å². The molecule has 190 valence electrons. The first-order valence-electron chi connectivity index (χ1n) is 10.5. The standard InChI is InChI=1S/C21H21BrF4N4O5/c1-3-35-18(32)12-5-4-8-28(11-12)20(34)30(22)13-6-7-14(23)15(9-13)29-17(31)10-16(21(24,25)26)27(2)19(29)33/h6-7,9-10,12H,3-5,8,11H2,1-2H3. The Morgan fingerprint density at radius 1 is 1.23 bits per heavy atom. The van der Waals surface area contributed by atoms with Gasteiger partial charge in [-0.05, 0) is 38.0 Å². The second kappa shape index (κ2) is 10.2. The zero-order valence-electron chi connectivity index (χ0n) is 18.6. The van der Waals surface area contributed by atoms with E-state index in [4.69, 9.17) is 4.74 Å². The second-order valence-corrected chi connectivity index (χ2v) is 8.49. The second-order valence-electron chi connectivity index (χ2n) is 7.78. The van der Waals surface area contributed by atoms with Crippen LogP contribution in [0.5, 0.6) is 0 Å². The fraction of sp³-hybridized carbons (Fsp3) is 0.429. The lowest BCUT2D eigenvalue weighted by molar-refractivity contribution is -0.149. The Labute approximate surface area is 204 Å². The molecular formula is C21H21BrF4N4O5. The zero-order chi connectivity index (χ0) is 26.1. The van der Waals surface area contributed by atoms with Crippen molar-refractivity contribution in [1.82, 2.24) is 14.0 Å². The van der Waals surface area contributed by atoms with Crippen LogP contribution >= 0.6 is 16.1 Å². The SMILES string of the molecule is CCOC(=O)C1CCCN(C(=O)N(Br)c2ccc(F)c(-n3c(=O)cc(C(F)(F)F)n(C)c3=O)c2)C1. The monoisotopic (exact) mass is 564 g/mol. The number of piperidine rings is 1. The number of hydrogen-bond donors (Lipinski definition) is 0. The van der Waals surface area contributed by atoms with Crippen LogP contribution in [0.3, 0.4) is 0 Å². The fourth-order valence-electron chi connectivity index (χ4n) is 3.75. The average molecular weight is 565 g/mol. The number of halogens is 5. The molecule has 1 aliphatic rings. The first kappa shape index (κ1) is 26.4. The molecule has 2 amide bonds. The fourth-order valence-corrected chi connectivity index (χ4v) is 4.20. The maximum Gasteiger partial charge on any atom is 0.431 e. The lowest BCUT2D eigenvalue weighted by Gasteiger charge is -2.33.